The van der Waals surface area contributed by atoms with E-state index in [0.717, 1.165) is 19.3 Å². The Kier molecular flexibility index (Phi) is 3.39. The lowest BCUT2D eigenvalue weighted by Gasteiger charge is -2.39. The molecule has 3 heteroatoms. The number of halogens is 1. The molecule has 1 amide bonds. The maximum atomic E-state index is 11.2. The van der Waals surface area contributed by atoms with Gasteiger partial charge in [-0.1, -0.05) is 0 Å². The van der Waals surface area contributed by atoms with E-state index in [-0.39, 0.29) is 11.4 Å². The molecule has 1 rings (SSSR count). The van der Waals surface area contributed by atoms with E-state index in [9.17, 15) is 4.79 Å². The van der Waals surface area contributed by atoms with Crippen LogP contribution in [-0.4, -0.2) is 17.3 Å². The lowest BCUT2D eigenvalue weighted by Crippen LogP contribution is -2.50. The molecule has 2 nitrogen and oxygen atoms in total. The van der Waals surface area contributed by atoms with Crippen molar-refractivity contribution < 1.29 is 4.79 Å². The van der Waals surface area contributed by atoms with Gasteiger partial charge in [0.05, 0.1) is 0 Å². The number of carbonyl (C=O) groups excluding carboxylic acids is 1. The average molecular weight is 190 g/mol. The maximum Gasteiger partial charge on any atom is 0.220 e. The summed E-state index contributed by atoms with van der Waals surface area (Å²) in [6.45, 7) is 2.11. The van der Waals surface area contributed by atoms with Crippen LogP contribution in [-0.2, 0) is 4.79 Å². The van der Waals surface area contributed by atoms with Crippen molar-refractivity contribution in [3.63, 3.8) is 0 Å². The van der Waals surface area contributed by atoms with Gasteiger partial charge in [0.25, 0.3) is 0 Å². The topological polar surface area (TPSA) is 29.1 Å². The van der Waals surface area contributed by atoms with Crippen molar-refractivity contribution in [1.29, 1.82) is 0 Å². The molecule has 1 aliphatic carbocycles. The van der Waals surface area contributed by atoms with Gasteiger partial charge in [0.2, 0.25) is 5.91 Å². The van der Waals surface area contributed by atoms with E-state index in [0.29, 0.717) is 12.3 Å². The van der Waals surface area contributed by atoms with Gasteiger partial charge in [-0.05, 0) is 32.6 Å². The maximum absolute atomic E-state index is 11.2. The molecule has 1 N–H and O–H groups in total. The minimum absolute atomic E-state index is 0.101. The zero-order valence-electron chi connectivity index (χ0n) is 7.53. The van der Waals surface area contributed by atoms with E-state index in [1.54, 1.807) is 0 Å². The third-order valence-electron chi connectivity index (χ3n) is 2.44. The molecule has 0 saturated heterocycles. The van der Waals surface area contributed by atoms with Gasteiger partial charge in [-0.25, -0.2) is 0 Å². The molecule has 0 aromatic carbocycles. The lowest BCUT2D eigenvalue weighted by atomic mass is 9.78. The van der Waals surface area contributed by atoms with Gasteiger partial charge in [0.15, 0.2) is 0 Å². The second-order valence-corrected chi connectivity index (χ2v) is 4.13. The van der Waals surface area contributed by atoms with Crippen LogP contribution in [0.2, 0.25) is 0 Å². The summed E-state index contributed by atoms with van der Waals surface area (Å²) in [7, 11) is 0. The number of nitrogens with one attached hydrogen (secondary N) is 1. The van der Waals surface area contributed by atoms with Crippen LogP contribution in [0.25, 0.3) is 0 Å². The predicted octanol–water partition coefficient (Wildman–Crippen LogP) is 2.06. The Morgan fingerprint density at radius 2 is 2.25 bits per heavy atom. The first kappa shape index (κ1) is 9.85. The number of amides is 1. The molecule has 0 aromatic heterocycles. The number of hydrogen-bond donors (Lipinski definition) is 1. The highest BCUT2D eigenvalue weighted by molar-refractivity contribution is 6.17. The molecule has 70 valence electrons. The van der Waals surface area contributed by atoms with E-state index >= 15 is 0 Å². The van der Waals surface area contributed by atoms with Crippen LogP contribution in [0, 0.1) is 0 Å². The van der Waals surface area contributed by atoms with Crippen LogP contribution in [0.4, 0.5) is 0 Å². The number of alkyl halides is 1. The highest BCUT2D eigenvalue weighted by Crippen LogP contribution is 2.30. The predicted molar refractivity (Wildman–Crippen MR) is 50.4 cm³/mol. The van der Waals surface area contributed by atoms with E-state index in [1.807, 2.05) is 0 Å². The van der Waals surface area contributed by atoms with E-state index in [2.05, 4.69) is 12.2 Å². The Morgan fingerprint density at radius 3 is 2.67 bits per heavy atom. The Balaban J connectivity index is 2.16. The van der Waals surface area contributed by atoms with Crippen molar-refractivity contribution in [2.24, 2.45) is 0 Å². The molecule has 1 fully saturated rings. The normalized spacial score (nSPS) is 19.8. The first-order chi connectivity index (χ1) is 5.66. The number of rotatable bonds is 4. The summed E-state index contributed by atoms with van der Waals surface area (Å²) in [6.07, 6.45) is 4.84. The second-order valence-electron chi connectivity index (χ2n) is 3.75. The Hall–Kier alpha value is -0.240. The number of hydrogen-bond acceptors (Lipinski definition) is 1. The first-order valence-corrected chi connectivity index (χ1v) is 5.07. The third-order valence-corrected chi connectivity index (χ3v) is 2.70. The van der Waals surface area contributed by atoms with E-state index in [1.165, 1.54) is 6.42 Å². The lowest BCUT2D eigenvalue weighted by molar-refractivity contribution is -0.123. The molecule has 0 unspecified atom stereocenters. The quantitative estimate of drug-likeness (QED) is 0.674. The minimum Gasteiger partial charge on any atom is -0.351 e. The summed E-state index contributed by atoms with van der Waals surface area (Å²) in [5, 5.41) is 3.03. The van der Waals surface area contributed by atoms with Gasteiger partial charge in [-0.3, -0.25) is 4.79 Å². The van der Waals surface area contributed by atoms with Gasteiger partial charge in [0, 0.05) is 17.8 Å². The summed E-state index contributed by atoms with van der Waals surface area (Å²) >= 11 is 5.48. The summed E-state index contributed by atoms with van der Waals surface area (Å²) in [4.78, 5) is 11.2. The van der Waals surface area contributed by atoms with Crippen LogP contribution in [0.15, 0.2) is 0 Å². The van der Waals surface area contributed by atoms with Crippen molar-refractivity contribution in [2.75, 3.05) is 5.88 Å². The van der Waals surface area contributed by atoms with Crippen LogP contribution in [0.3, 0.4) is 0 Å². The summed E-state index contributed by atoms with van der Waals surface area (Å²) in [5.74, 6) is 0.724. The summed E-state index contributed by atoms with van der Waals surface area (Å²) in [6, 6.07) is 0. The van der Waals surface area contributed by atoms with Crippen molar-refractivity contribution in [3.8, 4) is 0 Å². The molecule has 1 saturated carbocycles. The van der Waals surface area contributed by atoms with Gasteiger partial charge in [0.1, 0.15) is 0 Å². The summed E-state index contributed by atoms with van der Waals surface area (Å²) < 4.78 is 0. The van der Waals surface area contributed by atoms with E-state index < -0.39 is 0 Å². The van der Waals surface area contributed by atoms with Crippen molar-refractivity contribution in [1.82, 2.24) is 5.32 Å². The SMILES string of the molecule is CC1(NC(=O)CCCCl)CCC1. The fraction of sp³-hybridized carbons (Fsp3) is 0.889. The van der Waals surface area contributed by atoms with Crippen LogP contribution >= 0.6 is 11.6 Å². The molecule has 0 atom stereocenters. The third kappa shape index (κ3) is 2.67. The van der Waals surface area contributed by atoms with Crippen LogP contribution < -0.4 is 5.32 Å². The van der Waals surface area contributed by atoms with Gasteiger partial charge >= 0.3 is 0 Å². The zero-order valence-corrected chi connectivity index (χ0v) is 8.28. The Bertz CT molecular complexity index is 166. The molecule has 0 aliphatic heterocycles. The smallest absolute Gasteiger partial charge is 0.220 e. The minimum atomic E-state index is 0.101. The standard InChI is InChI=1S/C9H16ClNO/c1-9(5-3-6-9)11-8(12)4-2-7-10/h2-7H2,1H3,(H,11,12). The fourth-order valence-corrected chi connectivity index (χ4v) is 1.59. The molecule has 0 aromatic rings. The van der Waals surface area contributed by atoms with Crippen molar-refractivity contribution in [3.05, 3.63) is 0 Å². The molecule has 0 heterocycles. The summed E-state index contributed by atoms with van der Waals surface area (Å²) in [5.41, 5.74) is 0.101. The molecule has 0 radical (unpaired) electrons. The van der Waals surface area contributed by atoms with Crippen LogP contribution in [0.5, 0.6) is 0 Å². The van der Waals surface area contributed by atoms with E-state index in [4.69, 9.17) is 11.6 Å². The first-order valence-electron chi connectivity index (χ1n) is 4.53. The van der Waals surface area contributed by atoms with Gasteiger partial charge in [-0.15, -0.1) is 11.6 Å². The van der Waals surface area contributed by atoms with Gasteiger partial charge in [-0.2, -0.15) is 0 Å². The molecular weight excluding hydrogens is 174 g/mol. The number of carbonyl (C=O) groups is 1. The Labute approximate surface area is 78.7 Å². The highest BCUT2D eigenvalue weighted by Gasteiger charge is 2.32. The second kappa shape index (κ2) is 4.13. The fourth-order valence-electron chi connectivity index (χ4n) is 1.46. The average Bonchev–Trinajstić information content (AvgIpc) is 1.98. The molecule has 0 spiro atoms. The monoisotopic (exact) mass is 189 g/mol. The zero-order chi connectivity index (χ0) is 9.03. The van der Waals surface area contributed by atoms with Crippen molar-refractivity contribution in [2.45, 2.75) is 44.6 Å². The Morgan fingerprint density at radius 1 is 1.58 bits per heavy atom. The molecule has 12 heavy (non-hydrogen) atoms. The highest BCUT2D eigenvalue weighted by atomic mass is 35.5. The van der Waals surface area contributed by atoms with Crippen molar-refractivity contribution >= 4 is 17.5 Å². The largest absolute Gasteiger partial charge is 0.351 e. The molecule has 0 bridgehead atoms. The molecule has 1 aliphatic rings. The van der Waals surface area contributed by atoms with Crippen LogP contribution in [0.1, 0.15) is 39.0 Å². The molecular formula is C9H16ClNO. The van der Waals surface area contributed by atoms with Gasteiger partial charge < -0.3 is 5.32 Å².